The van der Waals surface area contributed by atoms with Crippen LogP contribution < -0.4 is 11.1 Å². The second kappa shape index (κ2) is 4.43. The minimum Gasteiger partial charge on any atom is -0.326 e. The number of hydrogen-bond donors (Lipinski definition) is 2. The first-order valence-electron chi connectivity index (χ1n) is 6.83. The van der Waals surface area contributed by atoms with Crippen LogP contribution in [0, 0.1) is 5.92 Å². The third-order valence-corrected chi connectivity index (χ3v) is 4.68. The van der Waals surface area contributed by atoms with Gasteiger partial charge in [0.25, 0.3) is 0 Å². The fraction of sp³-hybridized carbons (Fsp3) is 0.600. The molecule has 3 unspecified atom stereocenters. The molecular weight excluding hydrogens is 208 g/mol. The van der Waals surface area contributed by atoms with Gasteiger partial charge in [-0.1, -0.05) is 30.3 Å². The molecule has 0 aliphatic heterocycles. The molecule has 1 aromatic rings. The molecule has 2 aliphatic rings. The van der Waals surface area contributed by atoms with Crippen LogP contribution in [0.5, 0.6) is 0 Å². The number of fused-ring (bicyclic) bond motifs is 2. The van der Waals surface area contributed by atoms with Gasteiger partial charge in [-0.2, -0.15) is 0 Å². The number of nitrogens with one attached hydrogen (secondary N) is 1. The third kappa shape index (κ3) is 2.12. The van der Waals surface area contributed by atoms with Crippen LogP contribution in [0.1, 0.15) is 31.2 Å². The van der Waals surface area contributed by atoms with Crippen LogP contribution in [0.2, 0.25) is 0 Å². The summed E-state index contributed by atoms with van der Waals surface area (Å²) in [7, 11) is 0. The van der Waals surface area contributed by atoms with Gasteiger partial charge in [0.2, 0.25) is 0 Å². The van der Waals surface area contributed by atoms with Gasteiger partial charge in [-0.3, -0.25) is 0 Å². The molecule has 2 saturated carbocycles. The number of rotatable bonds is 4. The summed E-state index contributed by atoms with van der Waals surface area (Å²) < 4.78 is 0. The van der Waals surface area contributed by atoms with E-state index < -0.39 is 0 Å². The van der Waals surface area contributed by atoms with E-state index in [9.17, 15) is 0 Å². The van der Waals surface area contributed by atoms with Crippen molar-refractivity contribution in [2.75, 3.05) is 6.54 Å². The summed E-state index contributed by atoms with van der Waals surface area (Å²) in [5.74, 6) is 0.897. The quantitative estimate of drug-likeness (QED) is 0.831. The molecule has 0 amide bonds. The van der Waals surface area contributed by atoms with Crippen LogP contribution >= 0.6 is 0 Å². The Morgan fingerprint density at radius 1 is 1.29 bits per heavy atom. The highest BCUT2D eigenvalue weighted by molar-refractivity contribution is 5.16. The van der Waals surface area contributed by atoms with Gasteiger partial charge in [0.05, 0.1) is 0 Å². The molecule has 2 aliphatic carbocycles. The highest BCUT2D eigenvalue weighted by atomic mass is 15.0. The minimum absolute atomic E-state index is 0.277. The smallest absolute Gasteiger partial charge is 0.0335 e. The lowest BCUT2D eigenvalue weighted by atomic mass is 9.89. The Balaban J connectivity index is 1.55. The zero-order chi connectivity index (χ0) is 11.7. The molecule has 2 bridgehead atoms. The lowest BCUT2D eigenvalue weighted by molar-refractivity contribution is 0.288. The summed E-state index contributed by atoms with van der Waals surface area (Å²) in [6.45, 7) is 1.06. The average molecular weight is 230 g/mol. The van der Waals surface area contributed by atoms with Crippen molar-refractivity contribution in [2.24, 2.45) is 11.7 Å². The van der Waals surface area contributed by atoms with Gasteiger partial charge in [0.15, 0.2) is 0 Å². The van der Waals surface area contributed by atoms with Crippen molar-refractivity contribution in [1.29, 1.82) is 0 Å². The Labute approximate surface area is 104 Å². The number of hydrogen-bond acceptors (Lipinski definition) is 2. The number of nitrogens with two attached hydrogens (primary N) is 1. The standard InChI is InChI=1S/C15H22N2/c16-14-10-13-6-8-15(14,11-13)17-9-7-12-4-2-1-3-5-12/h1-5,13-14,17H,6-11,16H2. The molecule has 0 aromatic heterocycles. The Kier molecular flexibility index (Phi) is 2.93. The molecule has 0 heterocycles. The fourth-order valence-electron chi connectivity index (χ4n) is 3.70. The van der Waals surface area contributed by atoms with Crippen LogP contribution in [0.25, 0.3) is 0 Å². The molecule has 0 radical (unpaired) electrons. The van der Waals surface area contributed by atoms with Crippen molar-refractivity contribution in [3.63, 3.8) is 0 Å². The van der Waals surface area contributed by atoms with E-state index in [1.807, 2.05) is 0 Å². The molecule has 3 N–H and O–H groups in total. The van der Waals surface area contributed by atoms with Crippen LogP contribution in [-0.2, 0) is 6.42 Å². The largest absolute Gasteiger partial charge is 0.326 e. The van der Waals surface area contributed by atoms with Gasteiger partial charge < -0.3 is 11.1 Å². The molecule has 3 atom stereocenters. The van der Waals surface area contributed by atoms with Crippen molar-refractivity contribution < 1.29 is 0 Å². The van der Waals surface area contributed by atoms with Crippen molar-refractivity contribution >= 4 is 0 Å². The first-order valence-corrected chi connectivity index (χ1v) is 6.83. The summed E-state index contributed by atoms with van der Waals surface area (Å²) in [5.41, 5.74) is 7.96. The predicted octanol–water partition coefficient (Wildman–Crippen LogP) is 2.09. The Morgan fingerprint density at radius 3 is 2.76 bits per heavy atom. The lowest BCUT2D eigenvalue weighted by Gasteiger charge is -2.34. The predicted molar refractivity (Wildman–Crippen MR) is 70.8 cm³/mol. The van der Waals surface area contributed by atoms with E-state index in [2.05, 4.69) is 35.6 Å². The summed E-state index contributed by atoms with van der Waals surface area (Å²) in [4.78, 5) is 0. The highest BCUT2D eigenvalue weighted by Crippen LogP contribution is 2.46. The molecule has 2 heteroatoms. The van der Waals surface area contributed by atoms with E-state index in [4.69, 9.17) is 5.73 Å². The Hall–Kier alpha value is -0.860. The topological polar surface area (TPSA) is 38.0 Å². The van der Waals surface area contributed by atoms with Gasteiger partial charge in [-0.05, 0) is 50.1 Å². The first kappa shape index (κ1) is 11.2. The highest BCUT2D eigenvalue weighted by Gasteiger charge is 2.49. The molecule has 2 nitrogen and oxygen atoms in total. The summed E-state index contributed by atoms with van der Waals surface area (Å²) >= 11 is 0. The van der Waals surface area contributed by atoms with Crippen molar-refractivity contribution in [2.45, 2.75) is 43.7 Å². The molecule has 2 fully saturated rings. The normalized spacial score (nSPS) is 35.4. The third-order valence-electron chi connectivity index (χ3n) is 4.68. The zero-order valence-corrected chi connectivity index (χ0v) is 10.4. The van der Waals surface area contributed by atoms with Gasteiger partial charge >= 0.3 is 0 Å². The maximum Gasteiger partial charge on any atom is 0.0335 e. The van der Waals surface area contributed by atoms with Gasteiger partial charge in [-0.15, -0.1) is 0 Å². The van der Waals surface area contributed by atoms with E-state index in [0.717, 1.165) is 18.9 Å². The summed E-state index contributed by atoms with van der Waals surface area (Å²) in [6.07, 6.45) is 6.32. The van der Waals surface area contributed by atoms with Gasteiger partial charge in [0, 0.05) is 11.6 Å². The maximum atomic E-state index is 6.27. The lowest BCUT2D eigenvalue weighted by Crippen LogP contribution is -2.54. The SMILES string of the molecule is NC1CC2CCC1(NCCc1ccccc1)C2. The summed E-state index contributed by atoms with van der Waals surface area (Å²) in [5, 5.41) is 3.76. The van der Waals surface area contributed by atoms with E-state index in [1.54, 1.807) is 0 Å². The summed E-state index contributed by atoms with van der Waals surface area (Å²) in [6, 6.07) is 11.1. The Morgan fingerprint density at radius 2 is 2.12 bits per heavy atom. The van der Waals surface area contributed by atoms with Crippen LogP contribution in [-0.4, -0.2) is 18.1 Å². The van der Waals surface area contributed by atoms with Crippen molar-refractivity contribution in [1.82, 2.24) is 5.32 Å². The van der Waals surface area contributed by atoms with Crippen molar-refractivity contribution in [3.05, 3.63) is 35.9 Å². The second-order valence-corrected chi connectivity index (χ2v) is 5.77. The first-order chi connectivity index (χ1) is 8.28. The fourth-order valence-corrected chi connectivity index (χ4v) is 3.70. The molecule has 17 heavy (non-hydrogen) atoms. The van der Waals surface area contributed by atoms with Gasteiger partial charge in [0.1, 0.15) is 0 Å². The Bertz CT molecular complexity index is 376. The van der Waals surface area contributed by atoms with E-state index >= 15 is 0 Å². The van der Waals surface area contributed by atoms with E-state index in [1.165, 1.54) is 31.2 Å². The molecule has 92 valence electrons. The van der Waals surface area contributed by atoms with Crippen LogP contribution in [0.15, 0.2) is 30.3 Å². The molecule has 0 saturated heterocycles. The molecule has 0 spiro atoms. The zero-order valence-electron chi connectivity index (χ0n) is 10.4. The monoisotopic (exact) mass is 230 g/mol. The average Bonchev–Trinajstić information content (AvgIpc) is 2.87. The number of benzene rings is 1. The molecule has 1 aromatic carbocycles. The van der Waals surface area contributed by atoms with Crippen LogP contribution in [0.4, 0.5) is 0 Å². The van der Waals surface area contributed by atoms with E-state index in [-0.39, 0.29) is 5.54 Å². The van der Waals surface area contributed by atoms with Crippen LogP contribution in [0.3, 0.4) is 0 Å². The van der Waals surface area contributed by atoms with Gasteiger partial charge in [-0.25, -0.2) is 0 Å². The molecule has 3 rings (SSSR count). The second-order valence-electron chi connectivity index (χ2n) is 5.77. The van der Waals surface area contributed by atoms with E-state index in [0.29, 0.717) is 6.04 Å². The molecular formula is C15H22N2. The maximum absolute atomic E-state index is 6.27. The minimum atomic E-state index is 0.277. The van der Waals surface area contributed by atoms with Crippen molar-refractivity contribution in [3.8, 4) is 0 Å².